The Morgan fingerprint density at radius 1 is 1.44 bits per heavy atom. The molecular formula is C10H14FN3OS. The summed E-state index contributed by atoms with van der Waals surface area (Å²) < 4.78 is 27.5. The zero-order valence-electron chi connectivity index (χ0n) is 9.48. The SMILES string of the molecule is CC(C)(C)[S+]([O-])N=CCc1ncc(F)cn1. The fourth-order valence-electron chi connectivity index (χ4n) is 0.789. The summed E-state index contributed by atoms with van der Waals surface area (Å²) in [6.07, 6.45) is 4.03. The number of nitrogens with zero attached hydrogens (tertiary/aromatic N) is 3. The molecule has 0 bridgehead atoms. The first-order valence-corrected chi connectivity index (χ1v) is 5.91. The van der Waals surface area contributed by atoms with Gasteiger partial charge in [0, 0.05) is 6.42 Å². The van der Waals surface area contributed by atoms with Gasteiger partial charge >= 0.3 is 0 Å². The topological polar surface area (TPSA) is 61.2 Å². The van der Waals surface area contributed by atoms with Crippen molar-refractivity contribution in [3.63, 3.8) is 0 Å². The molecule has 4 nitrogen and oxygen atoms in total. The van der Waals surface area contributed by atoms with Crippen LogP contribution in [0.3, 0.4) is 0 Å². The van der Waals surface area contributed by atoms with Crippen LogP contribution >= 0.6 is 0 Å². The number of hydrogen-bond donors (Lipinski definition) is 0. The van der Waals surface area contributed by atoms with E-state index < -0.39 is 17.2 Å². The van der Waals surface area contributed by atoms with Crippen LogP contribution < -0.4 is 0 Å². The minimum absolute atomic E-state index is 0.349. The van der Waals surface area contributed by atoms with Crippen LogP contribution in [0.2, 0.25) is 0 Å². The lowest BCUT2D eigenvalue weighted by Crippen LogP contribution is -2.25. The van der Waals surface area contributed by atoms with E-state index in [9.17, 15) is 8.94 Å². The lowest BCUT2D eigenvalue weighted by Gasteiger charge is -2.17. The summed E-state index contributed by atoms with van der Waals surface area (Å²) in [4.78, 5) is 7.52. The Morgan fingerprint density at radius 3 is 2.50 bits per heavy atom. The Morgan fingerprint density at radius 2 is 2.00 bits per heavy atom. The van der Waals surface area contributed by atoms with Crippen LogP contribution in [0.4, 0.5) is 4.39 Å². The van der Waals surface area contributed by atoms with E-state index in [-0.39, 0.29) is 4.75 Å². The maximum atomic E-state index is 12.5. The van der Waals surface area contributed by atoms with Gasteiger partial charge in [0.25, 0.3) is 0 Å². The Balaban J connectivity index is 2.52. The Kier molecular flexibility index (Phi) is 4.37. The third-order valence-corrected chi connectivity index (χ3v) is 3.03. The van der Waals surface area contributed by atoms with Crippen LogP contribution in [0.5, 0.6) is 0 Å². The molecule has 0 fully saturated rings. The summed E-state index contributed by atoms with van der Waals surface area (Å²) >= 11 is -1.28. The molecule has 0 aromatic carbocycles. The van der Waals surface area contributed by atoms with E-state index in [1.54, 1.807) is 0 Å². The molecule has 0 spiro atoms. The van der Waals surface area contributed by atoms with E-state index in [1.165, 1.54) is 6.21 Å². The predicted molar refractivity (Wildman–Crippen MR) is 62.1 cm³/mol. The van der Waals surface area contributed by atoms with Gasteiger partial charge in [0.2, 0.25) is 0 Å². The summed E-state index contributed by atoms with van der Waals surface area (Å²) in [6.45, 7) is 5.53. The lowest BCUT2D eigenvalue weighted by atomic mass is 10.3. The van der Waals surface area contributed by atoms with Gasteiger partial charge in [0.1, 0.15) is 21.9 Å². The van der Waals surface area contributed by atoms with Crippen LogP contribution in [0.15, 0.2) is 16.8 Å². The second kappa shape index (κ2) is 5.36. The normalized spacial score (nSPS) is 14.3. The monoisotopic (exact) mass is 243 g/mol. The first-order chi connectivity index (χ1) is 7.39. The zero-order chi connectivity index (χ0) is 12.2. The third-order valence-electron chi connectivity index (χ3n) is 1.64. The van der Waals surface area contributed by atoms with Gasteiger partial charge in [0.05, 0.1) is 18.6 Å². The standard InChI is InChI=1S/C10H14FN3OS/c1-10(2,3)16(15)14-5-4-9-12-6-8(11)7-13-9/h5-7H,4H2,1-3H3. The van der Waals surface area contributed by atoms with Crippen LogP contribution in [0, 0.1) is 5.82 Å². The van der Waals surface area contributed by atoms with Gasteiger partial charge in [-0.25, -0.2) is 14.4 Å². The highest BCUT2D eigenvalue weighted by Gasteiger charge is 2.25. The average molecular weight is 243 g/mol. The maximum Gasteiger partial charge on any atom is 0.159 e. The largest absolute Gasteiger partial charge is 0.591 e. The van der Waals surface area contributed by atoms with Crippen molar-refractivity contribution in [1.29, 1.82) is 0 Å². The van der Waals surface area contributed by atoms with Crippen molar-refractivity contribution in [2.75, 3.05) is 0 Å². The molecule has 1 heterocycles. The van der Waals surface area contributed by atoms with Crippen molar-refractivity contribution in [3.05, 3.63) is 24.0 Å². The molecule has 0 amide bonds. The Bertz CT molecular complexity index is 361. The van der Waals surface area contributed by atoms with E-state index in [0.29, 0.717) is 12.2 Å². The van der Waals surface area contributed by atoms with Crippen LogP contribution in [-0.4, -0.2) is 25.5 Å². The fraction of sp³-hybridized carbons (Fsp3) is 0.500. The highest BCUT2D eigenvalue weighted by molar-refractivity contribution is 7.91. The van der Waals surface area contributed by atoms with Gasteiger partial charge < -0.3 is 4.55 Å². The number of aromatic nitrogens is 2. The number of rotatable bonds is 3. The van der Waals surface area contributed by atoms with Crippen molar-refractivity contribution in [3.8, 4) is 0 Å². The molecule has 1 unspecified atom stereocenters. The van der Waals surface area contributed by atoms with E-state index in [4.69, 9.17) is 0 Å². The molecule has 0 N–H and O–H groups in total. The van der Waals surface area contributed by atoms with Crippen LogP contribution in [-0.2, 0) is 17.8 Å². The van der Waals surface area contributed by atoms with E-state index in [1.807, 2.05) is 20.8 Å². The van der Waals surface area contributed by atoms with Gasteiger partial charge in [-0.05, 0) is 20.8 Å². The molecule has 0 aliphatic rings. The smallest absolute Gasteiger partial charge is 0.159 e. The van der Waals surface area contributed by atoms with E-state index >= 15 is 0 Å². The number of halogens is 1. The van der Waals surface area contributed by atoms with Crippen LogP contribution in [0.25, 0.3) is 0 Å². The first kappa shape index (κ1) is 13.1. The van der Waals surface area contributed by atoms with Gasteiger partial charge in [-0.15, -0.1) is 0 Å². The first-order valence-electron chi connectivity index (χ1n) is 4.80. The lowest BCUT2D eigenvalue weighted by molar-refractivity contribution is 0.561. The molecule has 1 aromatic rings. The van der Waals surface area contributed by atoms with Gasteiger partial charge in [-0.3, -0.25) is 0 Å². The molecule has 16 heavy (non-hydrogen) atoms. The summed E-state index contributed by atoms with van der Waals surface area (Å²) in [6, 6.07) is 0. The molecule has 6 heteroatoms. The molecule has 0 aliphatic carbocycles. The molecule has 1 atom stereocenters. The molecule has 1 rings (SSSR count). The molecular weight excluding hydrogens is 229 g/mol. The summed E-state index contributed by atoms with van der Waals surface area (Å²) in [5.74, 6) is -0.0185. The van der Waals surface area contributed by atoms with Crippen molar-refractivity contribution in [2.45, 2.75) is 31.9 Å². The highest BCUT2D eigenvalue weighted by atomic mass is 32.2. The van der Waals surface area contributed by atoms with E-state index in [0.717, 1.165) is 12.4 Å². The minimum Gasteiger partial charge on any atom is -0.591 e. The zero-order valence-corrected chi connectivity index (χ0v) is 10.3. The van der Waals surface area contributed by atoms with Gasteiger partial charge in [0.15, 0.2) is 5.82 Å². The molecule has 0 saturated heterocycles. The van der Waals surface area contributed by atoms with E-state index in [2.05, 4.69) is 14.4 Å². The van der Waals surface area contributed by atoms with Crippen molar-refractivity contribution in [2.24, 2.45) is 4.40 Å². The maximum absolute atomic E-state index is 12.5. The molecule has 0 aliphatic heterocycles. The molecule has 88 valence electrons. The second-order valence-corrected chi connectivity index (χ2v) is 6.11. The molecule has 0 radical (unpaired) electrons. The minimum atomic E-state index is -1.28. The molecule has 0 saturated carbocycles. The summed E-state index contributed by atoms with van der Waals surface area (Å²) in [5.41, 5.74) is 0. The highest BCUT2D eigenvalue weighted by Crippen LogP contribution is 2.16. The number of hydrogen-bond acceptors (Lipinski definition) is 4. The third kappa shape index (κ3) is 4.24. The fourth-order valence-corrected chi connectivity index (χ4v) is 1.32. The molecule has 1 aromatic heterocycles. The predicted octanol–water partition coefficient (Wildman–Crippen LogP) is 1.69. The summed E-state index contributed by atoms with van der Waals surface area (Å²) in [5, 5.41) is 0. The van der Waals surface area contributed by atoms with Crippen molar-refractivity contribution in [1.82, 2.24) is 9.97 Å². The Hall–Kier alpha value is -1.01. The van der Waals surface area contributed by atoms with Crippen molar-refractivity contribution < 1.29 is 8.94 Å². The average Bonchev–Trinajstić information content (AvgIpc) is 2.19. The van der Waals surface area contributed by atoms with Gasteiger partial charge in [-0.2, -0.15) is 0 Å². The van der Waals surface area contributed by atoms with Gasteiger partial charge in [-0.1, -0.05) is 4.40 Å². The quantitative estimate of drug-likeness (QED) is 0.599. The second-order valence-electron chi connectivity index (χ2n) is 4.17. The van der Waals surface area contributed by atoms with Crippen LogP contribution in [0.1, 0.15) is 26.6 Å². The Labute approximate surface area is 97.4 Å². The summed E-state index contributed by atoms with van der Waals surface area (Å²) in [7, 11) is 0. The van der Waals surface area contributed by atoms with Crippen molar-refractivity contribution >= 4 is 17.6 Å².